The van der Waals surface area contributed by atoms with Crippen molar-refractivity contribution in [2.24, 2.45) is 5.92 Å². The van der Waals surface area contributed by atoms with Gasteiger partial charge < -0.3 is 25.7 Å². The minimum atomic E-state index is -6.15. The third kappa shape index (κ3) is 11.4. The molecule has 0 radical (unpaired) electrons. The molecule has 1 saturated heterocycles. The number of rotatable bonds is 16. The third-order valence-electron chi connectivity index (χ3n) is 10.3. The van der Waals surface area contributed by atoms with Gasteiger partial charge in [0.25, 0.3) is 25.8 Å². The third-order valence-corrected chi connectivity index (χ3v) is 14.6. The molecule has 2 amide bonds. The smallest absolute Gasteiger partial charge is 0.465 e. The zero-order valence-corrected chi connectivity index (χ0v) is 36.0. The average molecular weight is 931 g/mol. The van der Waals surface area contributed by atoms with E-state index < -0.39 is 65.0 Å². The largest absolute Gasteiger partial charge is 0.501 e. The van der Waals surface area contributed by atoms with Crippen LogP contribution in [-0.2, 0) is 19.9 Å². The van der Waals surface area contributed by atoms with Gasteiger partial charge >= 0.3 is 11.6 Å². The van der Waals surface area contributed by atoms with Gasteiger partial charge in [0.1, 0.15) is 4.90 Å². The van der Waals surface area contributed by atoms with Crippen molar-refractivity contribution in [2.75, 3.05) is 35.6 Å². The summed E-state index contributed by atoms with van der Waals surface area (Å²) in [6.07, 6.45) is -0.718. The van der Waals surface area contributed by atoms with Crippen LogP contribution < -0.4 is 20.3 Å². The van der Waals surface area contributed by atoms with Gasteiger partial charge in [-0.1, -0.05) is 66.2 Å². The van der Waals surface area contributed by atoms with Crippen LogP contribution in [0.1, 0.15) is 41.3 Å². The highest BCUT2D eigenvalue weighted by molar-refractivity contribution is 7.99. The van der Waals surface area contributed by atoms with Crippen molar-refractivity contribution in [3.8, 4) is 11.1 Å². The Kier molecular flexibility index (Phi) is 14.8. The van der Waals surface area contributed by atoms with Gasteiger partial charge in [0.05, 0.1) is 16.7 Å². The second kappa shape index (κ2) is 19.8. The number of sulfone groups is 1. The van der Waals surface area contributed by atoms with E-state index >= 15 is 0 Å². The Morgan fingerprint density at radius 3 is 2.15 bits per heavy atom. The Labute approximate surface area is 366 Å². The van der Waals surface area contributed by atoms with Crippen LogP contribution in [0.25, 0.3) is 11.1 Å². The first-order chi connectivity index (χ1) is 29.4. The van der Waals surface area contributed by atoms with Crippen LogP contribution in [0.15, 0.2) is 136 Å². The van der Waals surface area contributed by atoms with Gasteiger partial charge in [-0.2, -0.15) is 13.2 Å². The van der Waals surface area contributed by atoms with Gasteiger partial charge in [-0.15, -0.1) is 11.8 Å². The topological polar surface area (TPSA) is 182 Å². The summed E-state index contributed by atoms with van der Waals surface area (Å²) < 4.78 is 96.4. The molecule has 0 spiro atoms. The van der Waals surface area contributed by atoms with E-state index in [1.807, 2.05) is 41.1 Å². The zero-order valence-electron chi connectivity index (χ0n) is 32.8. The predicted octanol–water partition coefficient (Wildman–Crippen LogP) is 8.60. The molecule has 6 rings (SSSR count). The number of piperidine rings is 1. The van der Waals surface area contributed by atoms with Gasteiger partial charge in [-0.05, 0) is 109 Å². The molecule has 5 aromatic carbocycles. The van der Waals surface area contributed by atoms with Crippen LogP contribution in [0.4, 0.5) is 29.3 Å². The van der Waals surface area contributed by atoms with Crippen LogP contribution in [0, 0.1) is 5.92 Å². The first-order valence-electron chi connectivity index (χ1n) is 19.2. The van der Waals surface area contributed by atoms with Crippen molar-refractivity contribution < 1.29 is 49.8 Å². The number of halogens is 4. The highest BCUT2D eigenvalue weighted by Crippen LogP contribution is 2.39. The molecule has 1 heterocycles. The van der Waals surface area contributed by atoms with Crippen LogP contribution in [0.2, 0.25) is 5.02 Å². The second-order valence-corrected chi connectivity index (χ2v) is 19.6. The van der Waals surface area contributed by atoms with E-state index in [1.165, 1.54) is 23.9 Å². The van der Waals surface area contributed by atoms with Gasteiger partial charge in [-0.3, -0.25) is 4.79 Å². The van der Waals surface area contributed by atoms with Gasteiger partial charge in [0.15, 0.2) is 0 Å². The summed E-state index contributed by atoms with van der Waals surface area (Å²) in [4.78, 5) is 24.8. The Morgan fingerprint density at radius 2 is 1.50 bits per heavy atom. The van der Waals surface area contributed by atoms with Crippen molar-refractivity contribution >= 4 is 66.6 Å². The molecule has 1 fully saturated rings. The number of nitrogens with zero attached hydrogens (tertiary/aromatic N) is 1. The summed E-state index contributed by atoms with van der Waals surface area (Å²) in [6.45, 7) is 1.04. The molecule has 0 aromatic heterocycles. The molecular weight excluding hydrogens is 889 g/mol. The molecule has 12 nitrogen and oxygen atoms in total. The number of sulfonamides is 1. The summed E-state index contributed by atoms with van der Waals surface area (Å²) in [5, 5.41) is 26.0. The summed E-state index contributed by atoms with van der Waals surface area (Å²) in [6, 6.07) is 31.3. The van der Waals surface area contributed by atoms with Crippen LogP contribution in [0.5, 0.6) is 0 Å². The van der Waals surface area contributed by atoms with E-state index in [-0.39, 0.29) is 30.2 Å². The minimum absolute atomic E-state index is 0.0226. The molecule has 5 N–H and O–H groups in total. The number of carbonyl (C=O) groups is 2. The Hall–Kier alpha value is -5.27. The molecule has 0 aliphatic carbocycles. The fourth-order valence-electron chi connectivity index (χ4n) is 7.06. The lowest BCUT2D eigenvalue weighted by atomic mass is 9.84. The van der Waals surface area contributed by atoms with Gasteiger partial charge in [0, 0.05) is 52.6 Å². The molecule has 1 aliphatic heterocycles. The van der Waals surface area contributed by atoms with Crippen molar-refractivity contribution in [1.82, 2.24) is 10.0 Å². The van der Waals surface area contributed by atoms with E-state index in [2.05, 4.69) is 15.5 Å². The minimum Gasteiger partial charge on any atom is -0.465 e. The summed E-state index contributed by atoms with van der Waals surface area (Å²) >= 11 is 7.36. The number of hydrogen-bond acceptors (Lipinski definition) is 10. The van der Waals surface area contributed by atoms with Crippen molar-refractivity contribution in [2.45, 2.75) is 51.6 Å². The number of nitrogens with one attached hydrogen (secondary N) is 3. The lowest BCUT2D eigenvalue weighted by Gasteiger charge is -2.36. The molecule has 1 unspecified atom stereocenters. The zero-order chi connectivity index (χ0) is 44.7. The first kappa shape index (κ1) is 46.2. The number of amides is 2. The number of anilines is 2. The van der Waals surface area contributed by atoms with Crippen molar-refractivity contribution in [3.63, 3.8) is 0 Å². The molecule has 0 saturated carbocycles. The number of thioether (sulfide) groups is 1. The lowest BCUT2D eigenvalue weighted by Crippen LogP contribution is -2.36. The van der Waals surface area contributed by atoms with Crippen LogP contribution >= 0.6 is 23.4 Å². The van der Waals surface area contributed by atoms with E-state index in [9.17, 15) is 44.7 Å². The van der Waals surface area contributed by atoms with Crippen molar-refractivity contribution in [3.05, 3.63) is 137 Å². The standard InChI is InChI=1S/C43H42ClF3N4O8S3/c44-31-14-10-28(11-15-31)36-8-4-5-9-37(36)40(52)29-21-24-51(25-22-29)33-16-12-30(13-17-33)41(53)50-62(58,59)35-18-19-38(39(26-35)61(56,57)43(45,46)47)49-32(20-23-48-42(54)55)27-60-34-6-2-1-3-7-34/h1-19,26,29,32,40,48-49,52H,20-25,27H2,(H,50,53)(H,54,55)/t32?,40-/m1/s1. The molecule has 0 bridgehead atoms. The lowest BCUT2D eigenvalue weighted by molar-refractivity contribution is -0.0436. The molecule has 5 aromatic rings. The molecule has 19 heteroatoms. The summed E-state index contributed by atoms with van der Waals surface area (Å²) in [5.74, 6) is -0.981. The van der Waals surface area contributed by atoms with Crippen LogP contribution in [0.3, 0.4) is 0 Å². The second-order valence-electron chi connectivity index (χ2n) is 14.4. The average Bonchev–Trinajstić information content (AvgIpc) is 3.25. The molecule has 2 atom stereocenters. The maximum absolute atomic E-state index is 14.0. The Balaban J connectivity index is 1.13. The Morgan fingerprint density at radius 1 is 0.855 bits per heavy atom. The Bertz CT molecular complexity index is 2580. The number of aliphatic hydroxyl groups is 1. The SMILES string of the molecule is O=C(O)NCCC(CSc1ccccc1)Nc1ccc(S(=O)(=O)NC(=O)c2ccc(N3CCC([C@@H](O)c4ccccc4-c4ccc(Cl)cc4)CC3)cc2)cc1S(=O)(=O)C(F)(F)F. The maximum atomic E-state index is 14.0. The van der Waals surface area contributed by atoms with Gasteiger partial charge in [-0.25, -0.2) is 26.4 Å². The molecule has 62 heavy (non-hydrogen) atoms. The molecule has 1 aliphatic rings. The fraction of sp³-hybridized carbons (Fsp3) is 0.256. The van der Waals surface area contributed by atoms with E-state index in [0.717, 1.165) is 39.4 Å². The predicted molar refractivity (Wildman–Crippen MR) is 233 cm³/mol. The number of alkyl halides is 3. The van der Waals surface area contributed by atoms with E-state index in [0.29, 0.717) is 37.0 Å². The highest BCUT2D eigenvalue weighted by atomic mass is 35.5. The van der Waals surface area contributed by atoms with Crippen LogP contribution in [-0.4, -0.2) is 76.0 Å². The number of carboxylic acid groups (broad SMARTS) is 1. The van der Waals surface area contributed by atoms with E-state index in [4.69, 9.17) is 16.7 Å². The van der Waals surface area contributed by atoms with E-state index in [1.54, 1.807) is 54.6 Å². The molecule has 328 valence electrons. The quantitative estimate of drug-likeness (QED) is 0.0598. The summed E-state index contributed by atoms with van der Waals surface area (Å²) in [5.41, 5.74) is -3.08. The molecular formula is C43H42ClF3N4O8S3. The number of hydrogen-bond donors (Lipinski definition) is 5. The number of carbonyl (C=O) groups excluding carboxylic acids is 1. The highest BCUT2D eigenvalue weighted by Gasteiger charge is 2.48. The number of aliphatic hydroxyl groups excluding tert-OH is 1. The first-order valence-corrected chi connectivity index (χ1v) is 23.6. The maximum Gasteiger partial charge on any atom is 0.501 e. The van der Waals surface area contributed by atoms with Gasteiger partial charge in [0.2, 0.25) is 0 Å². The number of benzene rings is 5. The summed E-state index contributed by atoms with van der Waals surface area (Å²) in [7, 11) is -11.1. The monoisotopic (exact) mass is 930 g/mol. The fourth-order valence-corrected chi connectivity index (χ4v) is 10.2. The normalized spacial score (nSPS) is 14.8. The van der Waals surface area contributed by atoms with Crippen molar-refractivity contribution in [1.29, 1.82) is 0 Å².